The van der Waals surface area contributed by atoms with Gasteiger partial charge in [0.1, 0.15) is 11.6 Å². The molecule has 0 spiro atoms. The molecule has 0 amide bonds. The summed E-state index contributed by atoms with van der Waals surface area (Å²) in [5.74, 6) is 0.160. The molecule has 0 unspecified atom stereocenters. The lowest BCUT2D eigenvalue weighted by Gasteiger charge is -2.18. The van der Waals surface area contributed by atoms with Crippen LogP contribution >= 0.6 is 0 Å². The first-order valence-electron chi connectivity index (χ1n) is 10.8. The van der Waals surface area contributed by atoms with Crippen LogP contribution in [0.25, 0.3) is 0 Å². The molecule has 5 nitrogen and oxygen atoms in total. The van der Waals surface area contributed by atoms with Crippen molar-refractivity contribution < 1.29 is 18.8 Å². The normalized spacial score (nSPS) is 12.9. The number of rotatable bonds is 10. The van der Waals surface area contributed by atoms with Gasteiger partial charge in [0.2, 0.25) is 0 Å². The van der Waals surface area contributed by atoms with Crippen LogP contribution in [0.15, 0.2) is 42.5 Å². The lowest BCUT2D eigenvalue weighted by molar-refractivity contribution is 0.0897. The number of benzene rings is 2. The molecule has 1 aliphatic rings. The van der Waals surface area contributed by atoms with Crippen LogP contribution in [-0.4, -0.2) is 37.7 Å². The first kappa shape index (κ1) is 22.1. The molecule has 3 rings (SSSR count). The third kappa shape index (κ3) is 6.20. The highest BCUT2D eigenvalue weighted by Gasteiger charge is 2.25. The molecule has 2 aromatic carbocycles. The molecule has 0 N–H and O–H groups in total. The zero-order valence-electron chi connectivity index (χ0n) is 17.9. The van der Waals surface area contributed by atoms with Gasteiger partial charge in [0.15, 0.2) is 0 Å². The van der Waals surface area contributed by atoms with Crippen LogP contribution in [0.3, 0.4) is 0 Å². The maximum atomic E-state index is 14.6. The number of hydrogen-bond donors (Lipinski definition) is 0. The second kappa shape index (κ2) is 11.0. The van der Waals surface area contributed by atoms with E-state index in [0.717, 1.165) is 49.9 Å². The molecular formula is C24H31FN2O3. The summed E-state index contributed by atoms with van der Waals surface area (Å²) in [4.78, 5) is 19.7. The zero-order valence-corrected chi connectivity index (χ0v) is 17.9. The fraction of sp³-hybridized carbons (Fsp3) is 0.458. The van der Waals surface area contributed by atoms with E-state index in [1.807, 2.05) is 12.1 Å². The monoisotopic (exact) mass is 414 g/mol. The van der Waals surface area contributed by atoms with Crippen LogP contribution in [0.1, 0.15) is 43.7 Å². The third-order valence-electron chi connectivity index (χ3n) is 5.32. The Kier molecular flexibility index (Phi) is 8.08. The van der Waals surface area contributed by atoms with Crippen LogP contribution in [0, 0.1) is 5.82 Å². The van der Waals surface area contributed by atoms with Crippen molar-refractivity contribution in [2.24, 2.45) is 0 Å². The average molecular weight is 415 g/mol. The van der Waals surface area contributed by atoms with E-state index < -0.39 is 6.16 Å². The molecule has 0 aromatic heterocycles. The van der Waals surface area contributed by atoms with Gasteiger partial charge in [0, 0.05) is 6.07 Å². The number of nitrogens with zero attached hydrogens (tertiary/aromatic N) is 2. The standard InChI is InChI=1S/C24H31FN2O3/c1-3-14-26(2)15-9-5-6-10-19-17-20-13-16-27(23(20)18-22(19)25)30-24(28)29-21-11-7-4-8-12-21/h4,7-8,11-12,17-18H,3,5-6,9-10,13-16H2,1-2H3. The Bertz CT molecular complexity index is 829. The summed E-state index contributed by atoms with van der Waals surface area (Å²) in [6.07, 6.45) is 4.98. The topological polar surface area (TPSA) is 42.0 Å². The van der Waals surface area contributed by atoms with Crippen molar-refractivity contribution in [2.75, 3.05) is 31.7 Å². The van der Waals surface area contributed by atoms with E-state index in [0.29, 0.717) is 24.4 Å². The Labute approximate surface area is 178 Å². The number of carbonyl (C=O) groups is 1. The Hall–Kier alpha value is -2.60. The highest BCUT2D eigenvalue weighted by molar-refractivity contribution is 5.67. The summed E-state index contributed by atoms with van der Waals surface area (Å²) >= 11 is 0. The predicted octanol–water partition coefficient (Wildman–Crippen LogP) is 5.37. The summed E-state index contributed by atoms with van der Waals surface area (Å²) < 4.78 is 19.8. The molecule has 0 atom stereocenters. The van der Waals surface area contributed by atoms with Gasteiger partial charge in [-0.15, -0.1) is 0 Å². The molecule has 6 heteroatoms. The maximum absolute atomic E-state index is 14.6. The minimum Gasteiger partial charge on any atom is -0.393 e. The number of para-hydroxylation sites is 1. The fourth-order valence-corrected chi connectivity index (χ4v) is 3.78. The van der Waals surface area contributed by atoms with Gasteiger partial charge in [-0.1, -0.05) is 37.6 Å². The van der Waals surface area contributed by atoms with Crippen molar-refractivity contribution in [3.63, 3.8) is 0 Å². The Morgan fingerprint density at radius 1 is 1.13 bits per heavy atom. The number of fused-ring (bicyclic) bond motifs is 1. The fourth-order valence-electron chi connectivity index (χ4n) is 3.78. The lowest BCUT2D eigenvalue weighted by atomic mass is 10.0. The van der Waals surface area contributed by atoms with E-state index >= 15 is 0 Å². The third-order valence-corrected chi connectivity index (χ3v) is 5.32. The molecule has 0 radical (unpaired) electrons. The number of hydroxylamine groups is 1. The summed E-state index contributed by atoms with van der Waals surface area (Å²) in [5, 5.41) is 1.41. The number of halogens is 1. The van der Waals surface area contributed by atoms with E-state index in [1.165, 1.54) is 17.6 Å². The van der Waals surface area contributed by atoms with E-state index in [9.17, 15) is 9.18 Å². The molecule has 0 saturated carbocycles. The van der Waals surface area contributed by atoms with E-state index in [4.69, 9.17) is 9.57 Å². The summed E-state index contributed by atoms with van der Waals surface area (Å²) in [7, 11) is 2.15. The van der Waals surface area contributed by atoms with Crippen LogP contribution in [0.2, 0.25) is 0 Å². The first-order valence-corrected chi connectivity index (χ1v) is 10.8. The highest BCUT2D eigenvalue weighted by Crippen LogP contribution is 2.31. The molecule has 1 heterocycles. The smallest absolute Gasteiger partial charge is 0.393 e. The van der Waals surface area contributed by atoms with Gasteiger partial charge in [0.05, 0.1) is 12.2 Å². The van der Waals surface area contributed by atoms with Gasteiger partial charge in [-0.3, -0.25) is 0 Å². The van der Waals surface area contributed by atoms with E-state index in [-0.39, 0.29) is 5.82 Å². The molecule has 0 aliphatic carbocycles. The number of carbonyl (C=O) groups excluding carboxylic acids is 1. The minimum atomic E-state index is -0.827. The zero-order chi connectivity index (χ0) is 21.3. The van der Waals surface area contributed by atoms with Crippen molar-refractivity contribution in [1.82, 2.24) is 4.90 Å². The number of ether oxygens (including phenoxy) is 1. The van der Waals surface area contributed by atoms with Gasteiger partial charge >= 0.3 is 6.16 Å². The second-order valence-electron chi connectivity index (χ2n) is 7.79. The number of anilines is 1. The first-order chi connectivity index (χ1) is 14.6. The maximum Gasteiger partial charge on any atom is 0.539 e. The van der Waals surface area contributed by atoms with E-state index in [1.54, 1.807) is 24.3 Å². The summed E-state index contributed by atoms with van der Waals surface area (Å²) in [5.41, 5.74) is 2.34. The van der Waals surface area contributed by atoms with Gasteiger partial charge in [-0.05, 0) is 75.5 Å². The van der Waals surface area contributed by atoms with Crippen LogP contribution in [0.4, 0.5) is 14.9 Å². The highest BCUT2D eigenvalue weighted by atomic mass is 19.1. The summed E-state index contributed by atoms with van der Waals surface area (Å²) in [6, 6.07) is 12.1. The van der Waals surface area contributed by atoms with E-state index in [2.05, 4.69) is 18.9 Å². The quantitative estimate of drug-likeness (QED) is 0.297. The Morgan fingerprint density at radius 3 is 2.70 bits per heavy atom. The molecular weight excluding hydrogens is 383 g/mol. The number of hydrogen-bond acceptors (Lipinski definition) is 5. The molecule has 0 fully saturated rings. The van der Waals surface area contributed by atoms with Crippen LogP contribution in [0.5, 0.6) is 5.75 Å². The van der Waals surface area contributed by atoms with Crippen molar-refractivity contribution in [1.29, 1.82) is 0 Å². The van der Waals surface area contributed by atoms with Crippen molar-refractivity contribution >= 4 is 11.8 Å². The van der Waals surface area contributed by atoms with Crippen molar-refractivity contribution in [3.8, 4) is 5.75 Å². The largest absolute Gasteiger partial charge is 0.539 e. The van der Waals surface area contributed by atoms with Gasteiger partial charge < -0.3 is 14.5 Å². The Balaban J connectivity index is 1.50. The van der Waals surface area contributed by atoms with Gasteiger partial charge in [0.25, 0.3) is 0 Å². The van der Waals surface area contributed by atoms with Crippen LogP contribution < -0.4 is 9.80 Å². The van der Waals surface area contributed by atoms with Gasteiger partial charge in [-0.2, -0.15) is 0 Å². The predicted molar refractivity (Wildman–Crippen MR) is 116 cm³/mol. The second-order valence-corrected chi connectivity index (χ2v) is 7.79. The number of aryl methyl sites for hydroxylation is 1. The van der Waals surface area contributed by atoms with Crippen molar-refractivity contribution in [3.05, 3.63) is 59.4 Å². The van der Waals surface area contributed by atoms with Gasteiger partial charge in [-0.25, -0.2) is 14.2 Å². The van der Waals surface area contributed by atoms with Crippen LogP contribution in [-0.2, 0) is 17.7 Å². The summed E-state index contributed by atoms with van der Waals surface area (Å²) in [6.45, 7) is 4.89. The van der Waals surface area contributed by atoms with Crippen molar-refractivity contribution in [2.45, 2.75) is 45.4 Å². The molecule has 0 bridgehead atoms. The average Bonchev–Trinajstić information content (AvgIpc) is 3.10. The number of unbranched alkanes of at least 4 members (excludes halogenated alkanes) is 2. The SMILES string of the molecule is CCCN(C)CCCCCc1cc2c(cc1F)N(OC(=O)Oc1ccccc1)CC2. The lowest BCUT2D eigenvalue weighted by Crippen LogP contribution is -2.27. The molecule has 30 heavy (non-hydrogen) atoms. The molecule has 2 aromatic rings. The Morgan fingerprint density at radius 2 is 1.93 bits per heavy atom. The molecule has 162 valence electrons. The molecule has 0 saturated heterocycles. The molecule has 1 aliphatic heterocycles. The minimum absolute atomic E-state index is 0.247.